The van der Waals surface area contributed by atoms with Crippen molar-refractivity contribution in [1.82, 2.24) is 15.2 Å². The van der Waals surface area contributed by atoms with E-state index in [1.165, 1.54) is 5.01 Å². The maximum atomic E-state index is 12.9. The summed E-state index contributed by atoms with van der Waals surface area (Å²) in [5.41, 5.74) is 1.49. The van der Waals surface area contributed by atoms with Crippen LogP contribution in [0.15, 0.2) is 60.7 Å². The minimum absolute atomic E-state index is 0.0666. The van der Waals surface area contributed by atoms with Gasteiger partial charge in [0.1, 0.15) is 0 Å². The number of piperazine rings is 1. The van der Waals surface area contributed by atoms with Gasteiger partial charge in [-0.25, -0.2) is 8.42 Å². The van der Waals surface area contributed by atoms with Crippen LogP contribution >= 0.6 is 0 Å². The van der Waals surface area contributed by atoms with E-state index in [-0.39, 0.29) is 18.5 Å². The summed E-state index contributed by atoms with van der Waals surface area (Å²) in [6, 6.07) is 18.5. The van der Waals surface area contributed by atoms with Crippen molar-refractivity contribution in [3.05, 3.63) is 66.2 Å². The van der Waals surface area contributed by atoms with Gasteiger partial charge in [-0.05, 0) is 24.3 Å². The zero-order chi connectivity index (χ0) is 19.3. The Morgan fingerprint density at radius 2 is 1.78 bits per heavy atom. The second-order valence-corrected chi connectivity index (χ2v) is 8.26. The molecule has 1 atom stereocenters. The molecule has 1 aliphatic rings. The van der Waals surface area contributed by atoms with Gasteiger partial charge in [0, 0.05) is 30.9 Å². The molecule has 0 aliphatic carbocycles. The maximum Gasteiger partial charge on any atom is 0.268 e. The van der Waals surface area contributed by atoms with Gasteiger partial charge in [0.15, 0.2) is 0 Å². The summed E-state index contributed by atoms with van der Waals surface area (Å²) in [5, 5.41) is 4.52. The Kier molecular flexibility index (Phi) is 6.10. The Balaban J connectivity index is 1.84. The number of carbonyl (C=O) groups excluding carboxylic acids is 1. The number of amides is 1. The lowest BCUT2D eigenvalue weighted by molar-refractivity contribution is 0.0702. The standard InChI is InChI=1S/C19H24N4O3S/c1-27(25,26)21-23(19(24)16-8-4-2-5-9-16)15-18-14-20-12-13-22(18)17-10-6-3-7-11-17/h2-11,18,20-21H,12-15H2,1H3. The second-order valence-electron chi connectivity index (χ2n) is 6.53. The smallest absolute Gasteiger partial charge is 0.268 e. The van der Waals surface area contributed by atoms with Gasteiger partial charge in [0.05, 0.1) is 18.8 Å². The highest BCUT2D eigenvalue weighted by Crippen LogP contribution is 2.19. The third-order valence-electron chi connectivity index (χ3n) is 4.37. The van der Waals surface area contributed by atoms with Crippen LogP contribution in [0.1, 0.15) is 10.4 Å². The van der Waals surface area contributed by atoms with E-state index in [1.54, 1.807) is 24.3 Å². The minimum atomic E-state index is -3.59. The molecule has 7 nitrogen and oxygen atoms in total. The molecule has 3 rings (SSSR count). The molecule has 0 bridgehead atoms. The summed E-state index contributed by atoms with van der Waals surface area (Å²) in [7, 11) is -3.59. The van der Waals surface area contributed by atoms with Crippen LogP contribution in [-0.2, 0) is 10.0 Å². The predicted molar refractivity (Wildman–Crippen MR) is 106 cm³/mol. The van der Waals surface area contributed by atoms with Crippen LogP contribution in [0.4, 0.5) is 5.69 Å². The van der Waals surface area contributed by atoms with Gasteiger partial charge >= 0.3 is 0 Å². The number of hydrazine groups is 1. The molecule has 8 heteroatoms. The number of para-hydroxylation sites is 1. The molecule has 0 saturated carbocycles. The number of carbonyl (C=O) groups is 1. The Bertz CT molecular complexity index is 859. The molecule has 0 radical (unpaired) electrons. The van der Waals surface area contributed by atoms with Crippen molar-refractivity contribution in [2.24, 2.45) is 0 Å². The molecule has 1 aliphatic heterocycles. The SMILES string of the molecule is CS(=O)(=O)NN(CC1CNCCN1c1ccccc1)C(=O)c1ccccc1. The highest BCUT2D eigenvalue weighted by Gasteiger charge is 2.28. The van der Waals surface area contributed by atoms with E-state index in [9.17, 15) is 13.2 Å². The van der Waals surface area contributed by atoms with Gasteiger partial charge < -0.3 is 10.2 Å². The number of rotatable bonds is 6. The number of nitrogens with one attached hydrogen (secondary N) is 2. The summed E-state index contributed by atoms with van der Waals surface area (Å²) in [5.74, 6) is -0.375. The first-order valence-corrected chi connectivity index (χ1v) is 10.7. The Morgan fingerprint density at radius 3 is 2.41 bits per heavy atom. The number of nitrogens with zero attached hydrogens (tertiary/aromatic N) is 2. The number of anilines is 1. The van der Waals surface area contributed by atoms with Crippen molar-refractivity contribution in [2.45, 2.75) is 6.04 Å². The molecule has 2 N–H and O–H groups in total. The molecule has 1 saturated heterocycles. The molecular weight excluding hydrogens is 364 g/mol. The van der Waals surface area contributed by atoms with Gasteiger partial charge in [0.2, 0.25) is 10.0 Å². The van der Waals surface area contributed by atoms with Crippen LogP contribution < -0.4 is 15.0 Å². The average Bonchev–Trinajstić information content (AvgIpc) is 2.68. The lowest BCUT2D eigenvalue weighted by Gasteiger charge is -2.40. The fraction of sp³-hybridized carbons (Fsp3) is 0.316. The van der Waals surface area contributed by atoms with Crippen molar-refractivity contribution < 1.29 is 13.2 Å². The predicted octanol–water partition coefficient (Wildman–Crippen LogP) is 1.07. The monoisotopic (exact) mass is 388 g/mol. The number of sulfonamides is 1. The van der Waals surface area contributed by atoms with Crippen molar-refractivity contribution >= 4 is 21.6 Å². The van der Waals surface area contributed by atoms with Crippen molar-refractivity contribution in [3.63, 3.8) is 0 Å². The maximum absolute atomic E-state index is 12.9. The molecule has 27 heavy (non-hydrogen) atoms. The van der Waals surface area contributed by atoms with Crippen molar-refractivity contribution in [3.8, 4) is 0 Å². The fourth-order valence-corrected chi connectivity index (χ4v) is 3.75. The third kappa shape index (κ3) is 5.29. The van der Waals surface area contributed by atoms with Crippen molar-refractivity contribution in [1.29, 1.82) is 0 Å². The van der Waals surface area contributed by atoms with Crippen LogP contribution in [0.2, 0.25) is 0 Å². The van der Waals surface area contributed by atoms with Crippen LogP contribution in [0.25, 0.3) is 0 Å². The molecule has 1 amide bonds. The van der Waals surface area contributed by atoms with Gasteiger partial charge in [-0.15, -0.1) is 4.83 Å². The summed E-state index contributed by atoms with van der Waals surface area (Å²) in [6.45, 7) is 2.49. The molecule has 1 unspecified atom stereocenters. The van der Waals surface area contributed by atoms with E-state index in [1.807, 2.05) is 36.4 Å². The minimum Gasteiger partial charge on any atom is -0.364 e. The van der Waals surface area contributed by atoms with Crippen LogP contribution in [0.5, 0.6) is 0 Å². The van der Waals surface area contributed by atoms with E-state index in [4.69, 9.17) is 0 Å². The lowest BCUT2D eigenvalue weighted by Crippen LogP contribution is -2.59. The summed E-state index contributed by atoms with van der Waals surface area (Å²) < 4.78 is 23.7. The molecule has 1 fully saturated rings. The third-order valence-corrected chi connectivity index (χ3v) is 4.93. The van der Waals surface area contributed by atoms with E-state index in [0.29, 0.717) is 12.1 Å². The van der Waals surface area contributed by atoms with Crippen molar-refractivity contribution in [2.75, 3.05) is 37.3 Å². The molecule has 0 spiro atoms. The molecule has 144 valence electrons. The molecule has 1 heterocycles. The van der Waals surface area contributed by atoms with E-state index < -0.39 is 10.0 Å². The normalized spacial score (nSPS) is 17.5. The Morgan fingerprint density at radius 1 is 1.15 bits per heavy atom. The topological polar surface area (TPSA) is 81.8 Å². The average molecular weight is 388 g/mol. The first-order chi connectivity index (χ1) is 12.9. The van der Waals surface area contributed by atoms with Gasteiger partial charge in [-0.1, -0.05) is 36.4 Å². The van der Waals surface area contributed by atoms with E-state index >= 15 is 0 Å². The largest absolute Gasteiger partial charge is 0.364 e. The molecule has 2 aromatic rings. The molecular formula is C19H24N4O3S. The number of hydrogen-bond acceptors (Lipinski definition) is 5. The first-order valence-electron chi connectivity index (χ1n) is 8.81. The van der Waals surface area contributed by atoms with Gasteiger partial charge in [-0.3, -0.25) is 9.80 Å². The second kappa shape index (κ2) is 8.51. The molecule has 0 aromatic heterocycles. The zero-order valence-electron chi connectivity index (χ0n) is 15.2. The van der Waals surface area contributed by atoms with E-state index in [2.05, 4.69) is 15.0 Å². The quantitative estimate of drug-likeness (QED) is 0.724. The highest BCUT2D eigenvalue weighted by molar-refractivity contribution is 7.88. The van der Waals surface area contributed by atoms with Crippen LogP contribution in [0.3, 0.4) is 0 Å². The summed E-state index contributed by atoms with van der Waals surface area (Å²) >= 11 is 0. The lowest BCUT2D eigenvalue weighted by atomic mass is 10.1. The Hall–Kier alpha value is -2.42. The zero-order valence-corrected chi connectivity index (χ0v) is 16.0. The molecule has 2 aromatic carbocycles. The van der Waals surface area contributed by atoms with Crippen LogP contribution in [0, 0.1) is 0 Å². The van der Waals surface area contributed by atoms with Crippen LogP contribution in [-0.4, -0.2) is 57.8 Å². The summed E-state index contributed by atoms with van der Waals surface area (Å²) in [4.78, 5) is 17.5. The summed E-state index contributed by atoms with van der Waals surface area (Å²) in [6.07, 6.45) is 1.05. The highest BCUT2D eigenvalue weighted by atomic mass is 32.2. The first kappa shape index (κ1) is 19.3. The van der Waals surface area contributed by atoms with E-state index in [0.717, 1.165) is 25.0 Å². The van der Waals surface area contributed by atoms with Gasteiger partial charge in [-0.2, -0.15) is 0 Å². The van der Waals surface area contributed by atoms with Gasteiger partial charge in [0.25, 0.3) is 5.91 Å². The fourth-order valence-electron chi connectivity index (χ4n) is 3.19. The Labute approximate surface area is 160 Å². The number of benzene rings is 2. The number of hydrogen-bond donors (Lipinski definition) is 2.